The van der Waals surface area contributed by atoms with Crippen molar-refractivity contribution in [2.75, 3.05) is 11.9 Å². The highest BCUT2D eigenvalue weighted by Crippen LogP contribution is 2.21. The monoisotopic (exact) mass is 332 g/mol. The van der Waals surface area contributed by atoms with Gasteiger partial charge in [0.15, 0.2) is 0 Å². The highest BCUT2D eigenvalue weighted by Gasteiger charge is 2.27. The summed E-state index contributed by atoms with van der Waals surface area (Å²) in [7, 11) is 0. The fourth-order valence-corrected chi connectivity index (χ4v) is 3.43. The number of fused-ring (bicyclic) bond motifs is 1. The molecule has 1 unspecified atom stereocenters. The predicted molar refractivity (Wildman–Crippen MR) is 84.2 cm³/mol. The molecule has 1 saturated heterocycles. The molecule has 1 amide bonds. The summed E-state index contributed by atoms with van der Waals surface area (Å²) in [6, 6.07) is 12.0. The number of para-hydroxylation sites is 1. The molecule has 0 aliphatic carbocycles. The number of amides is 1. The standard InChI is InChI=1S/C16H17BrN2O/c17-11-13-6-3-4-10-19(13)16(20)15-9-8-12-5-1-2-7-14(12)18-15/h1-2,5,7-9,13H,3-4,6,10-11H2. The van der Waals surface area contributed by atoms with Crippen molar-refractivity contribution in [3.05, 3.63) is 42.1 Å². The predicted octanol–water partition coefficient (Wildman–Crippen LogP) is 3.62. The summed E-state index contributed by atoms with van der Waals surface area (Å²) in [5, 5.41) is 1.91. The molecule has 1 aliphatic rings. The van der Waals surface area contributed by atoms with E-state index >= 15 is 0 Å². The third-order valence-corrected chi connectivity index (χ3v) is 4.63. The number of piperidine rings is 1. The van der Waals surface area contributed by atoms with Gasteiger partial charge in [0.05, 0.1) is 5.52 Å². The Bertz CT molecular complexity index is 629. The van der Waals surface area contributed by atoms with Crippen molar-refractivity contribution in [1.82, 2.24) is 9.88 Å². The zero-order valence-electron chi connectivity index (χ0n) is 11.3. The Kier molecular flexibility index (Phi) is 4.01. The number of carbonyl (C=O) groups is 1. The van der Waals surface area contributed by atoms with Crippen LogP contribution >= 0.6 is 15.9 Å². The van der Waals surface area contributed by atoms with Crippen molar-refractivity contribution in [3.8, 4) is 0 Å². The second kappa shape index (κ2) is 5.92. The number of likely N-dealkylation sites (tertiary alicyclic amines) is 1. The average Bonchev–Trinajstić information content (AvgIpc) is 2.53. The fraction of sp³-hybridized carbons (Fsp3) is 0.375. The highest BCUT2D eigenvalue weighted by atomic mass is 79.9. The largest absolute Gasteiger partial charge is 0.333 e. The summed E-state index contributed by atoms with van der Waals surface area (Å²) >= 11 is 3.52. The average molecular weight is 333 g/mol. The summed E-state index contributed by atoms with van der Waals surface area (Å²) in [6.45, 7) is 0.837. The molecule has 2 heterocycles. The Morgan fingerprint density at radius 2 is 2.10 bits per heavy atom. The topological polar surface area (TPSA) is 33.2 Å². The molecule has 4 heteroatoms. The van der Waals surface area contributed by atoms with Gasteiger partial charge < -0.3 is 4.90 Å². The number of hydrogen-bond acceptors (Lipinski definition) is 2. The van der Waals surface area contributed by atoms with Crippen LogP contribution in [0.5, 0.6) is 0 Å². The molecule has 104 valence electrons. The second-order valence-electron chi connectivity index (χ2n) is 5.19. The van der Waals surface area contributed by atoms with Crippen LogP contribution < -0.4 is 0 Å². The van der Waals surface area contributed by atoms with E-state index in [9.17, 15) is 4.79 Å². The first-order chi connectivity index (χ1) is 9.79. The van der Waals surface area contributed by atoms with Gasteiger partial charge in [0, 0.05) is 23.3 Å². The Balaban J connectivity index is 1.91. The molecule has 1 aromatic carbocycles. The minimum absolute atomic E-state index is 0.0555. The Labute approximate surface area is 127 Å². The van der Waals surface area contributed by atoms with E-state index in [1.807, 2.05) is 41.3 Å². The van der Waals surface area contributed by atoms with Crippen LogP contribution in [0.1, 0.15) is 29.8 Å². The molecule has 1 aromatic heterocycles. The van der Waals surface area contributed by atoms with Crippen molar-refractivity contribution in [1.29, 1.82) is 0 Å². The smallest absolute Gasteiger partial charge is 0.272 e. The number of halogens is 1. The molecule has 2 aromatic rings. The van der Waals surface area contributed by atoms with Gasteiger partial charge in [-0.25, -0.2) is 4.98 Å². The van der Waals surface area contributed by atoms with E-state index in [1.54, 1.807) is 0 Å². The number of hydrogen-bond donors (Lipinski definition) is 0. The molecule has 3 nitrogen and oxygen atoms in total. The lowest BCUT2D eigenvalue weighted by Gasteiger charge is -2.34. The van der Waals surface area contributed by atoms with E-state index in [-0.39, 0.29) is 5.91 Å². The Morgan fingerprint density at radius 3 is 2.95 bits per heavy atom. The van der Waals surface area contributed by atoms with E-state index in [2.05, 4.69) is 20.9 Å². The molecule has 0 radical (unpaired) electrons. The zero-order valence-corrected chi connectivity index (χ0v) is 12.8. The summed E-state index contributed by atoms with van der Waals surface area (Å²) in [4.78, 5) is 19.1. The van der Waals surface area contributed by atoms with Gasteiger partial charge in [0.1, 0.15) is 5.69 Å². The zero-order chi connectivity index (χ0) is 13.9. The summed E-state index contributed by atoms with van der Waals surface area (Å²) in [6.07, 6.45) is 3.36. The van der Waals surface area contributed by atoms with Crippen LogP contribution in [-0.4, -0.2) is 33.7 Å². The normalized spacial score (nSPS) is 19.2. The van der Waals surface area contributed by atoms with Gasteiger partial charge in [0.25, 0.3) is 5.91 Å². The molecule has 0 saturated carbocycles. The molecule has 1 atom stereocenters. The minimum atomic E-state index is 0.0555. The van der Waals surface area contributed by atoms with Crippen molar-refractivity contribution in [2.24, 2.45) is 0 Å². The molecular weight excluding hydrogens is 316 g/mol. The molecule has 3 rings (SSSR count). The van der Waals surface area contributed by atoms with E-state index in [0.717, 1.165) is 35.6 Å². The molecule has 20 heavy (non-hydrogen) atoms. The van der Waals surface area contributed by atoms with E-state index < -0.39 is 0 Å². The first-order valence-corrected chi connectivity index (χ1v) is 8.14. The number of pyridine rings is 1. The maximum Gasteiger partial charge on any atom is 0.272 e. The number of rotatable bonds is 2. The van der Waals surface area contributed by atoms with Gasteiger partial charge in [0.2, 0.25) is 0 Å². The lowest BCUT2D eigenvalue weighted by molar-refractivity contribution is 0.0636. The van der Waals surface area contributed by atoms with Gasteiger partial charge in [-0.2, -0.15) is 0 Å². The quantitative estimate of drug-likeness (QED) is 0.787. The highest BCUT2D eigenvalue weighted by molar-refractivity contribution is 9.09. The Morgan fingerprint density at radius 1 is 1.25 bits per heavy atom. The second-order valence-corrected chi connectivity index (χ2v) is 5.84. The van der Waals surface area contributed by atoms with Gasteiger partial charge in [-0.3, -0.25) is 4.79 Å². The fourth-order valence-electron chi connectivity index (χ4n) is 2.76. The summed E-state index contributed by atoms with van der Waals surface area (Å²) in [5.74, 6) is 0.0555. The number of benzene rings is 1. The molecule has 0 N–H and O–H groups in total. The van der Waals surface area contributed by atoms with Crippen molar-refractivity contribution < 1.29 is 4.79 Å². The molecule has 1 fully saturated rings. The van der Waals surface area contributed by atoms with Gasteiger partial charge in [-0.15, -0.1) is 0 Å². The van der Waals surface area contributed by atoms with Crippen molar-refractivity contribution >= 4 is 32.7 Å². The first-order valence-electron chi connectivity index (χ1n) is 7.02. The minimum Gasteiger partial charge on any atom is -0.333 e. The van der Waals surface area contributed by atoms with Crippen LogP contribution in [0, 0.1) is 0 Å². The van der Waals surface area contributed by atoms with Crippen molar-refractivity contribution in [2.45, 2.75) is 25.3 Å². The van der Waals surface area contributed by atoms with Crippen LogP contribution in [0.2, 0.25) is 0 Å². The molecule has 0 spiro atoms. The summed E-state index contributed by atoms with van der Waals surface area (Å²) in [5.41, 5.74) is 1.43. The van der Waals surface area contributed by atoms with E-state index in [0.29, 0.717) is 11.7 Å². The van der Waals surface area contributed by atoms with Crippen molar-refractivity contribution in [3.63, 3.8) is 0 Å². The molecule has 1 aliphatic heterocycles. The van der Waals surface area contributed by atoms with Gasteiger partial charge in [-0.05, 0) is 31.4 Å². The maximum absolute atomic E-state index is 12.7. The lowest BCUT2D eigenvalue weighted by Crippen LogP contribution is -2.44. The maximum atomic E-state index is 12.7. The van der Waals surface area contributed by atoms with Crippen LogP contribution in [0.25, 0.3) is 10.9 Å². The van der Waals surface area contributed by atoms with Crippen LogP contribution in [-0.2, 0) is 0 Å². The number of carbonyl (C=O) groups excluding carboxylic acids is 1. The van der Waals surface area contributed by atoms with Gasteiger partial charge in [-0.1, -0.05) is 40.2 Å². The van der Waals surface area contributed by atoms with E-state index in [1.165, 1.54) is 6.42 Å². The van der Waals surface area contributed by atoms with Crippen LogP contribution in [0.15, 0.2) is 36.4 Å². The third kappa shape index (κ3) is 2.57. The summed E-state index contributed by atoms with van der Waals surface area (Å²) < 4.78 is 0. The lowest BCUT2D eigenvalue weighted by atomic mass is 10.0. The van der Waals surface area contributed by atoms with Gasteiger partial charge >= 0.3 is 0 Å². The van der Waals surface area contributed by atoms with E-state index in [4.69, 9.17) is 0 Å². The SMILES string of the molecule is O=C(c1ccc2ccccc2n1)N1CCCCC1CBr. The number of aromatic nitrogens is 1. The third-order valence-electron chi connectivity index (χ3n) is 3.88. The van der Waals surface area contributed by atoms with Crippen LogP contribution in [0.3, 0.4) is 0 Å². The molecular formula is C16H17BrN2O. The first kappa shape index (κ1) is 13.6. The molecule has 0 bridgehead atoms. The number of nitrogens with zero attached hydrogens (tertiary/aromatic N) is 2. The number of alkyl halides is 1. The Hall–Kier alpha value is -1.42. The van der Waals surface area contributed by atoms with Crippen LogP contribution in [0.4, 0.5) is 0 Å².